The van der Waals surface area contributed by atoms with Gasteiger partial charge in [0.15, 0.2) is 6.29 Å². The molecule has 5 nitrogen and oxygen atoms in total. The minimum absolute atomic E-state index is 0.0471. The van der Waals surface area contributed by atoms with Crippen LogP contribution in [-0.2, 0) is 18.9 Å². The maximum Gasteiger partial charge on any atom is 0.158 e. The fourth-order valence-corrected chi connectivity index (χ4v) is 5.42. The van der Waals surface area contributed by atoms with Crippen molar-refractivity contribution in [3.05, 3.63) is 23.8 Å². The van der Waals surface area contributed by atoms with Gasteiger partial charge in [-0.1, -0.05) is 45.9 Å². The maximum absolute atomic E-state index is 11.0. The molecule has 1 saturated carbocycles. The van der Waals surface area contributed by atoms with E-state index in [4.69, 9.17) is 18.9 Å². The third kappa shape index (κ3) is 5.95. The quantitative estimate of drug-likeness (QED) is 0.492. The van der Waals surface area contributed by atoms with Gasteiger partial charge in [0, 0.05) is 33.7 Å². The van der Waals surface area contributed by atoms with Crippen molar-refractivity contribution in [3.63, 3.8) is 0 Å². The second-order valence-electron chi connectivity index (χ2n) is 9.27. The van der Waals surface area contributed by atoms with Crippen molar-refractivity contribution < 1.29 is 24.1 Å². The van der Waals surface area contributed by atoms with Crippen LogP contribution in [0.5, 0.6) is 0 Å². The first-order valence-electron chi connectivity index (χ1n) is 11.6. The normalized spacial score (nSPS) is 36.5. The van der Waals surface area contributed by atoms with E-state index in [-0.39, 0.29) is 36.6 Å². The molecule has 9 unspecified atom stereocenters. The van der Waals surface area contributed by atoms with Crippen LogP contribution < -0.4 is 0 Å². The predicted octanol–water partition coefficient (Wildman–Crippen LogP) is 4.60. The van der Waals surface area contributed by atoms with Crippen molar-refractivity contribution in [1.82, 2.24) is 0 Å². The molecule has 10 atom stereocenters. The topological polar surface area (TPSA) is 57.2 Å². The predicted molar refractivity (Wildman–Crippen MR) is 120 cm³/mol. The van der Waals surface area contributed by atoms with Gasteiger partial charge in [-0.25, -0.2) is 0 Å². The lowest BCUT2D eigenvalue weighted by atomic mass is 9.91. The van der Waals surface area contributed by atoms with E-state index >= 15 is 0 Å². The van der Waals surface area contributed by atoms with E-state index < -0.39 is 0 Å². The Balaban J connectivity index is 1.95. The Bertz CT molecular complexity index is 570. The van der Waals surface area contributed by atoms with Gasteiger partial charge in [0.05, 0.1) is 18.3 Å². The monoisotopic (exact) mass is 424 g/mol. The Morgan fingerprint density at radius 1 is 1.13 bits per heavy atom. The Morgan fingerprint density at radius 3 is 2.40 bits per heavy atom. The highest BCUT2D eigenvalue weighted by Gasteiger charge is 2.55. The number of aliphatic hydroxyl groups is 1. The highest BCUT2D eigenvalue weighted by molar-refractivity contribution is 5.18. The summed E-state index contributed by atoms with van der Waals surface area (Å²) in [4.78, 5) is 0. The van der Waals surface area contributed by atoms with Crippen LogP contribution >= 0.6 is 0 Å². The summed E-state index contributed by atoms with van der Waals surface area (Å²) in [6, 6.07) is 0. The van der Waals surface area contributed by atoms with Gasteiger partial charge in [0.25, 0.3) is 0 Å². The van der Waals surface area contributed by atoms with E-state index in [0.29, 0.717) is 23.7 Å². The molecule has 2 rings (SSSR count). The molecule has 2 aliphatic rings. The molecule has 1 aliphatic heterocycles. The van der Waals surface area contributed by atoms with Crippen LogP contribution in [0.4, 0.5) is 0 Å². The van der Waals surface area contributed by atoms with Gasteiger partial charge >= 0.3 is 0 Å². The van der Waals surface area contributed by atoms with Crippen molar-refractivity contribution in [2.45, 2.75) is 84.6 Å². The highest BCUT2D eigenvalue weighted by atomic mass is 16.7. The fraction of sp³-hybridized carbons (Fsp3) is 0.840. The molecule has 5 heteroatoms. The van der Waals surface area contributed by atoms with E-state index in [1.165, 1.54) is 0 Å². The van der Waals surface area contributed by atoms with Crippen LogP contribution in [0.2, 0.25) is 0 Å². The highest BCUT2D eigenvalue weighted by Crippen LogP contribution is 2.55. The van der Waals surface area contributed by atoms with Crippen LogP contribution in [0.3, 0.4) is 0 Å². The van der Waals surface area contributed by atoms with Gasteiger partial charge in [-0.2, -0.15) is 0 Å². The van der Waals surface area contributed by atoms with Crippen LogP contribution in [0.15, 0.2) is 23.8 Å². The summed E-state index contributed by atoms with van der Waals surface area (Å²) in [7, 11) is 5.21. The van der Waals surface area contributed by atoms with Crippen LogP contribution in [0.1, 0.15) is 53.9 Å². The van der Waals surface area contributed by atoms with Gasteiger partial charge in [-0.15, -0.1) is 0 Å². The first kappa shape index (κ1) is 25.5. The minimum atomic E-state index is -0.331. The molecule has 0 spiro atoms. The molecular formula is C25H44O5. The molecule has 1 saturated heterocycles. The van der Waals surface area contributed by atoms with Crippen molar-refractivity contribution in [1.29, 1.82) is 0 Å². The molecule has 0 bridgehead atoms. The zero-order valence-electron chi connectivity index (χ0n) is 20.2. The van der Waals surface area contributed by atoms with Crippen LogP contribution in [0, 0.1) is 29.6 Å². The molecule has 1 heterocycles. The molecule has 30 heavy (non-hydrogen) atoms. The molecule has 0 aromatic heterocycles. The minimum Gasteiger partial charge on any atom is -0.392 e. The van der Waals surface area contributed by atoms with E-state index in [1.54, 1.807) is 21.3 Å². The summed E-state index contributed by atoms with van der Waals surface area (Å²) in [5, 5.41) is 11.0. The number of methoxy groups -OCH3 is 3. The second kappa shape index (κ2) is 11.8. The molecule has 0 aromatic carbocycles. The van der Waals surface area contributed by atoms with Gasteiger partial charge in [-0.05, 0) is 49.0 Å². The molecule has 0 aromatic rings. The van der Waals surface area contributed by atoms with Gasteiger partial charge in [0.1, 0.15) is 6.10 Å². The maximum atomic E-state index is 11.0. The zero-order valence-corrected chi connectivity index (χ0v) is 20.2. The largest absolute Gasteiger partial charge is 0.392 e. The standard InChI is InChI=1S/C25H44O5/c1-9-19(27-6)17(4)22-18(5)23(22)24(26)15(2)11-10-12-16(3)25-20(28-7)13-14-21(29-8)30-25/h10-12,15,17-26H,9,13-14H2,1-8H3/b11-10+,16-12+/t15?,17?,18-,19?,20?,21?,22?,23?,24?,25?/m1/s1. The Morgan fingerprint density at radius 2 is 1.83 bits per heavy atom. The summed E-state index contributed by atoms with van der Waals surface area (Å²) in [6.45, 7) is 10.9. The molecule has 0 radical (unpaired) electrons. The summed E-state index contributed by atoms with van der Waals surface area (Å²) in [5.41, 5.74) is 1.11. The molecule has 1 aliphatic carbocycles. The Hall–Kier alpha value is -0.720. The van der Waals surface area contributed by atoms with E-state index in [0.717, 1.165) is 24.8 Å². The van der Waals surface area contributed by atoms with Crippen LogP contribution in [-0.4, -0.2) is 57.1 Å². The van der Waals surface area contributed by atoms with E-state index in [9.17, 15) is 5.11 Å². The molecular weight excluding hydrogens is 380 g/mol. The average Bonchev–Trinajstić information content (AvgIpc) is 3.43. The molecule has 1 N–H and O–H groups in total. The lowest BCUT2D eigenvalue weighted by Gasteiger charge is -2.35. The Labute approximate surface area is 183 Å². The van der Waals surface area contributed by atoms with Gasteiger partial charge < -0.3 is 24.1 Å². The van der Waals surface area contributed by atoms with Crippen LogP contribution in [0.25, 0.3) is 0 Å². The first-order chi connectivity index (χ1) is 14.3. The van der Waals surface area contributed by atoms with E-state index in [2.05, 4.69) is 46.8 Å². The number of hydrogen-bond acceptors (Lipinski definition) is 5. The number of hydrogen-bond donors (Lipinski definition) is 1. The average molecular weight is 425 g/mol. The SMILES string of the molecule is CCC(OC)C(C)C1C(C(O)C(C)/C=C/C=C(\C)C2OC(OC)CCC2OC)[C@@H]1C. The lowest BCUT2D eigenvalue weighted by molar-refractivity contribution is -0.205. The summed E-state index contributed by atoms with van der Waals surface area (Å²) >= 11 is 0. The third-order valence-corrected chi connectivity index (χ3v) is 7.46. The number of aliphatic hydroxyl groups excluding tert-OH is 1. The first-order valence-corrected chi connectivity index (χ1v) is 11.6. The van der Waals surface area contributed by atoms with Crippen molar-refractivity contribution in [3.8, 4) is 0 Å². The lowest BCUT2D eigenvalue weighted by Crippen LogP contribution is -2.41. The summed E-state index contributed by atoms with van der Waals surface area (Å²) < 4.78 is 22.7. The second-order valence-corrected chi connectivity index (χ2v) is 9.27. The smallest absolute Gasteiger partial charge is 0.158 e. The number of ether oxygens (including phenoxy) is 4. The molecule has 174 valence electrons. The van der Waals surface area contributed by atoms with E-state index in [1.807, 2.05) is 6.08 Å². The zero-order chi connectivity index (χ0) is 22.4. The number of rotatable bonds is 11. The molecule has 0 amide bonds. The van der Waals surface area contributed by atoms with Gasteiger partial charge in [-0.3, -0.25) is 0 Å². The third-order valence-electron chi connectivity index (χ3n) is 7.46. The van der Waals surface area contributed by atoms with Gasteiger partial charge in [0.2, 0.25) is 0 Å². The summed E-state index contributed by atoms with van der Waals surface area (Å²) in [6.07, 6.45) is 8.71. The summed E-state index contributed by atoms with van der Waals surface area (Å²) in [5.74, 6) is 1.98. The van der Waals surface area contributed by atoms with Crippen molar-refractivity contribution >= 4 is 0 Å². The van der Waals surface area contributed by atoms with Crippen molar-refractivity contribution in [2.75, 3.05) is 21.3 Å². The number of allylic oxidation sites excluding steroid dienone is 2. The van der Waals surface area contributed by atoms with Crippen molar-refractivity contribution in [2.24, 2.45) is 29.6 Å². The molecule has 2 fully saturated rings. The Kier molecular flexibility index (Phi) is 10.0. The fourth-order valence-electron chi connectivity index (χ4n) is 5.42.